The summed E-state index contributed by atoms with van der Waals surface area (Å²) in [4.78, 5) is 18.8. The molecular formula is C22H21F2N3O3. The summed E-state index contributed by atoms with van der Waals surface area (Å²) in [6.45, 7) is 1.16. The van der Waals surface area contributed by atoms with E-state index in [0.717, 1.165) is 12.8 Å². The second kappa shape index (κ2) is 8.61. The third kappa shape index (κ3) is 4.32. The average Bonchev–Trinajstić information content (AvgIpc) is 3.22. The van der Waals surface area contributed by atoms with E-state index >= 15 is 0 Å². The van der Waals surface area contributed by atoms with Gasteiger partial charge in [0.1, 0.15) is 5.82 Å². The molecule has 0 radical (unpaired) electrons. The lowest BCUT2D eigenvalue weighted by atomic mass is 9.93. The first kappa shape index (κ1) is 20.0. The van der Waals surface area contributed by atoms with Gasteiger partial charge in [0, 0.05) is 30.6 Å². The van der Waals surface area contributed by atoms with Gasteiger partial charge in [-0.3, -0.25) is 4.79 Å². The number of hydrogen-bond acceptors (Lipinski definition) is 5. The Morgan fingerprint density at radius 2 is 1.90 bits per heavy atom. The third-order valence-corrected chi connectivity index (χ3v) is 5.33. The maximum absolute atomic E-state index is 13.9. The van der Waals surface area contributed by atoms with Crippen molar-refractivity contribution in [3.8, 4) is 17.1 Å². The standard InChI is InChI=1S/C22H21F2N3O3/c1-29-19-7-4-16(13-18(19)24)22(28)27-10-8-14(9-11-27)12-20-25-21(26-30-20)15-2-5-17(23)6-3-15/h2-7,13-14H,8-12H2,1H3. The molecule has 30 heavy (non-hydrogen) atoms. The predicted molar refractivity (Wildman–Crippen MR) is 105 cm³/mol. The molecule has 1 saturated heterocycles. The summed E-state index contributed by atoms with van der Waals surface area (Å²) in [6, 6.07) is 10.2. The molecule has 1 aliphatic rings. The van der Waals surface area contributed by atoms with Gasteiger partial charge in [-0.05, 0) is 61.2 Å². The summed E-state index contributed by atoms with van der Waals surface area (Å²) in [6.07, 6.45) is 2.20. The van der Waals surface area contributed by atoms with Crippen LogP contribution in [0.15, 0.2) is 47.0 Å². The summed E-state index contributed by atoms with van der Waals surface area (Å²) < 4.78 is 37.2. The second-order valence-corrected chi connectivity index (χ2v) is 7.31. The van der Waals surface area contributed by atoms with Gasteiger partial charge in [0.15, 0.2) is 11.6 Å². The smallest absolute Gasteiger partial charge is 0.253 e. The van der Waals surface area contributed by atoms with Crippen LogP contribution in [0.25, 0.3) is 11.4 Å². The lowest BCUT2D eigenvalue weighted by Gasteiger charge is -2.31. The van der Waals surface area contributed by atoms with Crippen molar-refractivity contribution in [2.75, 3.05) is 20.2 Å². The number of benzene rings is 2. The zero-order valence-corrected chi connectivity index (χ0v) is 16.5. The summed E-state index contributed by atoms with van der Waals surface area (Å²) >= 11 is 0. The van der Waals surface area contributed by atoms with E-state index < -0.39 is 5.82 Å². The number of aromatic nitrogens is 2. The van der Waals surface area contributed by atoms with Crippen molar-refractivity contribution in [2.45, 2.75) is 19.3 Å². The fraction of sp³-hybridized carbons (Fsp3) is 0.318. The van der Waals surface area contributed by atoms with E-state index in [-0.39, 0.29) is 17.5 Å². The number of carbonyl (C=O) groups excluding carboxylic acids is 1. The molecule has 0 saturated carbocycles. The molecule has 8 heteroatoms. The molecule has 1 amide bonds. The lowest BCUT2D eigenvalue weighted by Crippen LogP contribution is -2.39. The van der Waals surface area contributed by atoms with Crippen LogP contribution in [-0.4, -0.2) is 41.1 Å². The van der Waals surface area contributed by atoms with Gasteiger partial charge >= 0.3 is 0 Å². The summed E-state index contributed by atoms with van der Waals surface area (Å²) in [7, 11) is 1.39. The zero-order valence-electron chi connectivity index (χ0n) is 16.5. The number of rotatable bonds is 5. The fourth-order valence-electron chi connectivity index (χ4n) is 3.62. The number of methoxy groups -OCH3 is 1. The summed E-state index contributed by atoms with van der Waals surface area (Å²) in [5, 5.41) is 3.97. The molecule has 2 heterocycles. The number of halogens is 2. The lowest BCUT2D eigenvalue weighted by molar-refractivity contribution is 0.0687. The van der Waals surface area contributed by atoms with E-state index in [1.165, 1.54) is 31.4 Å². The third-order valence-electron chi connectivity index (χ3n) is 5.33. The highest BCUT2D eigenvalue weighted by molar-refractivity contribution is 5.94. The van der Waals surface area contributed by atoms with Gasteiger partial charge in [0.2, 0.25) is 11.7 Å². The molecule has 1 aromatic heterocycles. The maximum atomic E-state index is 13.9. The molecule has 2 aromatic carbocycles. The Morgan fingerprint density at radius 3 is 2.57 bits per heavy atom. The van der Waals surface area contributed by atoms with Crippen LogP contribution in [0.2, 0.25) is 0 Å². The Hall–Kier alpha value is -3.29. The van der Waals surface area contributed by atoms with Crippen LogP contribution in [-0.2, 0) is 6.42 Å². The Kier molecular flexibility index (Phi) is 5.74. The molecule has 0 atom stereocenters. The average molecular weight is 413 g/mol. The molecule has 4 rings (SSSR count). The van der Waals surface area contributed by atoms with Gasteiger partial charge in [-0.2, -0.15) is 4.98 Å². The fourth-order valence-corrected chi connectivity index (χ4v) is 3.62. The Balaban J connectivity index is 1.33. The van der Waals surface area contributed by atoms with E-state index in [9.17, 15) is 13.6 Å². The summed E-state index contributed by atoms with van der Waals surface area (Å²) in [5.74, 6) is 0.322. The van der Waals surface area contributed by atoms with Crippen LogP contribution in [0.3, 0.4) is 0 Å². The first-order valence-electron chi connectivity index (χ1n) is 9.75. The molecule has 1 fully saturated rings. The normalized spacial score (nSPS) is 14.7. The number of nitrogens with zero attached hydrogens (tertiary/aromatic N) is 3. The predicted octanol–water partition coefficient (Wildman–Crippen LogP) is 4.12. The maximum Gasteiger partial charge on any atom is 0.253 e. The van der Waals surface area contributed by atoms with Gasteiger partial charge in [0.25, 0.3) is 5.91 Å². The summed E-state index contributed by atoms with van der Waals surface area (Å²) in [5.41, 5.74) is 1.01. The molecule has 0 N–H and O–H groups in total. The second-order valence-electron chi connectivity index (χ2n) is 7.31. The molecule has 0 spiro atoms. The van der Waals surface area contributed by atoms with Gasteiger partial charge < -0.3 is 14.2 Å². The van der Waals surface area contributed by atoms with Crippen molar-refractivity contribution in [2.24, 2.45) is 5.92 Å². The van der Waals surface area contributed by atoms with E-state index in [1.54, 1.807) is 23.1 Å². The van der Waals surface area contributed by atoms with Crippen molar-refractivity contribution >= 4 is 5.91 Å². The van der Waals surface area contributed by atoms with Gasteiger partial charge in [-0.25, -0.2) is 8.78 Å². The van der Waals surface area contributed by atoms with Crippen molar-refractivity contribution in [3.05, 3.63) is 65.6 Å². The van der Waals surface area contributed by atoms with Crippen LogP contribution < -0.4 is 4.74 Å². The number of carbonyl (C=O) groups is 1. The molecule has 156 valence electrons. The zero-order chi connectivity index (χ0) is 21.1. The quantitative estimate of drug-likeness (QED) is 0.630. The minimum atomic E-state index is -0.549. The SMILES string of the molecule is COc1ccc(C(=O)N2CCC(Cc3nc(-c4ccc(F)cc4)no3)CC2)cc1F. The highest BCUT2D eigenvalue weighted by atomic mass is 19.1. The molecule has 6 nitrogen and oxygen atoms in total. The van der Waals surface area contributed by atoms with Crippen molar-refractivity contribution in [3.63, 3.8) is 0 Å². The van der Waals surface area contributed by atoms with Crippen LogP contribution in [0.5, 0.6) is 5.75 Å². The molecular weight excluding hydrogens is 392 g/mol. The Labute approximate surface area is 172 Å². The van der Waals surface area contributed by atoms with Gasteiger partial charge in [0.05, 0.1) is 7.11 Å². The first-order valence-corrected chi connectivity index (χ1v) is 9.75. The first-order chi connectivity index (χ1) is 14.5. The van der Waals surface area contributed by atoms with Gasteiger partial charge in [-0.15, -0.1) is 0 Å². The van der Waals surface area contributed by atoms with Crippen molar-refractivity contribution in [1.29, 1.82) is 0 Å². The van der Waals surface area contributed by atoms with E-state index in [0.29, 0.717) is 48.3 Å². The van der Waals surface area contributed by atoms with Crippen molar-refractivity contribution < 1.29 is 22.8 Å². The minimum Gasteiger partial charge on any atom is -0.494 e. The number of amides is 1. The Morgan fingerprint density at radius 1 is 1.17 bits per heavy atom. The molecule has 3 aromatic rings. The number of likely N-dealkylation sites (tertiary alicyclic amines) is 1. The van der Waals surface area contributed by atoms with E-state index in [4.69, 9.17) is 9.26 Å². The van der Waals surface area contributed by atoms with Crippen LogP contribution >= 0.6 is 0 Å². The number of piperidine rings is 1. The van der Waals surface area contributed by atoms with Gasteiger partial charge in [-0.1, -0.05) is 5.16 Å². The minimum absolute atomic E-state index is 0.116. The molecule has 0 bridgehead atoms. The number of ether oxygens (including phenoxy) is 1. The van der Waals surface area contributed by atoms with E-state index in [2.05, 4.69) is 10.1 Å². The van der Waals surface area contributed by atoms with Crippen LogP contribution in [0.4, 0.5) is 8.78 Å². The highest BCUT2D eigenvalue weighted by Crippen LogP contribution is 2.25. The monoisotopic (exact) mass is 413 g/mol. The molecule has 0 aliphatic carbocycles. The van der Waals surface area contributed by atoms with Crippen LogP contribution in [0, 0.1) is 17.6 Å². The van der Waals surface area contributed by atoms with Crippen LogP contribution in [0.1, 0.15) is 29.1 Å². The van der Waals surface area contributed by atoms with Crippen molar-refractivity contribution in [1.82, 2.24) is 15.0 Å². The number of hydrogen-bond donors (Lipinski definition) is 0. The molecule has 1 aliphatic heterocycles. The van der Waals surface area contributed by atoms with E-state index in [1.807, 2.05) is 0 Å². The molecule has 0 unspecified atom stereocenters. The highest BCUT2D eigenvalue weighted by Gasteiger charge is 2.26. The Bertz CT molecular complexity index is 1030. The topological polar surface area (TPSA) is 68.5 Å². The largest absolute Gasteiger partial charge is 0.494 e.